The van der Waals surface area contributed by atoms with Crippen LogP contribution in [0.2, 0.25) is 0 Å². The van der Waals surface area contributed by atoms with Crippen LogP contribution in [0.15, 0.2) is 18.5 Å². The number of H-pyrrole nitrogens is 2. The van der Waals surface area contributed by atoms with Crippen LogP contribution in [0, 0.1) is 0 Å². The number of hydrogen-bond donors (Lipinski definition) is 4. The third-order valence-corrected chi connectivity index (χ3v) is 1.89. The first-order valence-corrected chi connectivity index (χ1v) is 4.32. The lowest BCUT2D eigenvalue weighted by molar-refractivity contribution is 0.0946. The standard InChI is InChI=1S/C8H10N6O/c9-6-4-12-14-7(6)8(15)10-3-5-1-2-11-13-5/h1-2,4H,3,9H2,(H,10,15)(H,11,13)(H,12,14). The fourth-order valence-electron chi connectivity index (χ4n) is 1.12. The van der Waals surface area contributed by atoms with E-state index in [4.69, 9.17) is 5.73 Å². The molecule has 0 saturated heterocycles. The second-order valence-corrected chi connectivity index (χ2v) is 2.96. The van der Waals surface area contributed by atoms with Gasteiger partial charge in [0.25, 0.3) is 5.91 Å². The van der Waals surface area contributed by atoms with E-state index in [-0.39, 0.29) is 11.6 Å². The van der Waals surface area contributed by atoms with Gasteiger partial charge in [-0.05, 0) is 6.07 Å². The lowest BCUT2D eigenvalue weighted by atomic mass is 10.3. The molecule has 78 valence electrons. The highest BCUT2D eigenvalue weighted by atomic mass is 16.1. The maximum absolute atomic E-state index is 11.5. The number of aromatic nitrogens is 4. The first kappa shape index (κ1) is 9.25. The Morgan fingerprint density at radius 1 is 1.47 bits per heavy atom. The Morgan fingerprint density at radius 3 is 2.93 bits per heavy atom. The molecule has 0 fully saturated rings. The fourth-order valence-corrected chi connectivity index (χ4v) is 1.12. The molecule has 0 radical (unpaired) electrons. The van der Waals surface area contributed by atoms with Crippen LogP contribution >= 0.6 is 0 Å². The van der Waals surface area contributed by atoms with Crippen LogP contribution in [0.5, 0.6) is 0 Å². The first-order valence-electron chi connectivity index (χ1n) is 4.32. The molecular weight excluding hydrogens is 196 g/mol. The molecule has 7 heteroatoms. The average Bonchev–Trinajstić information content (AvgIpc) is 2.84. The molecule has 0 aliphatic heterocycles. The highest BCUT2D eigenvalue weighted by Crippen LogP contribution is 2.05. The average molecular weight is 206 g/mol. The predicted molar refractivity (Wildman–Crippen MR) is 52.8 cm³/mol. The van der Waals surface area contributed by atoms with Gasteiger partial charge >= 0.3 is 0 Å². The van der Waals surface area contributed by atoms with Crippen LogP contribution in [0.4, 0.5) is 5.69 Å². The molecule has 15 heavy (non-hydrogen) atoms. The molecule has 2 rings (SSSR count). The Labute approximate surface area is 85.1 Å². The van der Waals surface area contributed by atoms with E-state index in [2.05, 4.69) is 25.7 Å². The highest BCUT2D eigenvalue weighted by molar-refractivity contribution is 5.96. The van der Waals surface area contributed by atoms with Crippen molar-refractivity contribution < 1.29 is 4.79 Å². The van der Waals surface area contributed by atoms with Gasteiger partial charge in [0.15, 0.2) is 0 Å². The largest absolute Gasteiger partial charge is 0.396 e. The summed E-state index contributed by atoms with van der Waals surface area (Å²) >= 11 is 0. The molecule has 1 amide bonds. The van der Waals surface area contributed by atoms with Crippen LogP contribution in [-0.2, 0) is 6.54 Å². The summed E-state index contributed by atoms with van der Waals surface area (Å²) in [6.07, 6.45) is 3.01. The van der Waals surface area contributed by atoms with Crippen molar-refractivity contribution in [2.45, 2.75) is 6.54 Å². The van der Waals surface area contributed by atoms with E-state index in [1.54, 1.807) is 12.3 Å². The number of rotatable bonds is 3. The zero-order chi connectivity index (χ0) is 10.7. The summed E-state index contributed by atoms with van der Waals surface area (Å²) in [5, 5.41) is 15.3. The SMILES string of the molecule is Nc1cn[nH]c1C(=O)NCc1ccn[nH]1. The second kappa shape index (κ2) is 3.82. The van der Waals surface area contributed by atoms with E-state index in [9.17, 15) is 4.79 Å². The number of amides is 1. The zero-order valence-corrected chi connectivity index (χ0v) is 7.82. The molecule has 0 aliphatic rings. The molecule has 2 aromatic heterocycles. The van der Waals surface area contributed by atoms with Crippen LogP contribution in [-0.4, -0.2) is 26.3 Å². The summed E-state index contributed by atoms with van der Waals surface area (Å²) in [4.78, 5) is 11.5. The lowest BCUT2D eigenvalue weighted by Crippen LogP contribution is -2.24. The molecule has 0 atom stereocenters. The van der Waals surface area contributed by atoms with Crippen molar-refractivity contribution in [3.05, 3.63) is 29.8 Å². The van der Waals surface area contributed by atoms with E-state index in [0.29, 0.717) is 12.2 Å². The van der Waals surface area contributed by atoms with Crippen molar-refractivity contribution in [3.63, 3.8) is 0 Å². The summed E-state index contributed by atoms with van der Waals surface area (Å²) < 4.78 is 0. The fraction of sp³-hybridized carbons (Fsp3) is 0.125. The number of nitrogen functional groups attached to an aromatic ring is 1. The van der Waals surface area contributed by atoms with Gasteiger partial charge < -0.3 is 11.1 Å². The monoisotopic (exact) mass is 206 g/mol. The topological polar surface area (TPSA) is 112 Å². The van der Waals surface area contributed by atoms with Crippen LogP contribution in [0.1, 0.15) is 16.2 Å². The highest BCUT2D eigenvalue weighted by Gasteiger charge is 2.10. The van der Waals surface area contributed by atoms with Gasteiger partial charge in [-0.15, -0.1) is 0 Å². The summed E-state index contributed by atoms with van der Waals surface area (Å²) in [5.41, 5.74) is 6.94. The number of nitrogens with one attached hydrogen (secondary N) is 3. The van der Waals surface area contributed by atoms with Gasteiger partial charge in [0.05, 0.1) is 24.1 Å². The molecule has 0 unspecified atom stereocenters. The van der Waals surface area contributed by atoms with Gasteiger partial charge in [-0.1, -0.05) is 0 Å². The number of carbonyl (C=O) groups is 1. The molecule has 2 heterocycles. The molecule has 0 bridgehead atoms. The smallest absolute Gasteiger partial charge is 0.271 e. The van der Waals surface area contributed by atoms with Gasteiger partial charge in [0, 0.05) is 6.20 Å². The van der Waals surface area contributed by atoms with Crippen molar-refractivity contribution in [2.75, 3.05) is 5.73 Å². The number of carbonyl (C=O) groups excluding carboxylic acids is 1. The summed E-state index contributed by atoms with van der Waals surface area (Å²) in [6, 6.07) is 1.77. The summed E-state index contributed by atoms with van der Waals surface area (Å²) in [6.45, 7) is 0.372. The van der Waals surface area contributed by atoms with Gasteiger partial charge in [0.2, 0.25) is 0 Å². The Kier molecular flexibility index (Phi) is 2.36. The Bertz CT molecular complexity index is 445. The number of nitrogens with two attached hydrogens (primary N) is 1. The van der Waals surface area contributed by atoms with E-state index in [1.807, 2.05) is 0 Å². The van der Waals surface area contributed by atoms with E-state index < -0.39 is 0 Å². The van der Waals surface area contributed by atoms with Gasteiger partial charge in [-0.25, -0.2) is 0 Å². The maximum atomic E-state index is 11.5. The van der Waals surface area contributed by atoms with Crippen molar-refractivity contribution in [3.8, 4) is 0 Å². The van der Waals surface area contributed by atoms with Crippen molar-refractivity contribution in [1.82, 2.24) is 25.7 Å². The van der Waals surface area contributed by atoms with Crippen molar-refractivity contribution in [1.29, 1.82) is 0 Å². The van der Waals surface area contributed by atoms with Gasteiger partial charge in [-0.3, -0.25) is 15.0 Å². The molecule has 0 saturated carbocycles. The summed E-state index contributed by atoms with van der Waals surface area (Å²) in [5.74, 6) is -0.292. The molecule has 0 aliphatic carbocycles. The van der Waals surface area contributed by atoms with E-state index in [1.165, 1.54) is 6.20 Å². The Hall–Kier alpha value is -2.31. The molecule has 0 spiro atoms. The zero-order valence-electron chi connectivity index (χ0n) is 7.82. The minimum atomic E-state index is -0.292. The van der Waals surface area contributed by atoms with Crippen LogP contribution in [0.3, 0.4) is 0 Å². The number of aromatic amines is 2. The molecule has 5 N–H and O–H groups in total. The number of hydrogen-bond acceptors (Lipinski definition) is 4. The quantitative estimate of drug-likeness (QED) is 0.549. The number of anilines is 1. The minimum Gasteiger partial charge on any atom is -0.396 e. The van der Waals surface area contributed by atoms with Crippen LogP contribution < -0.4 is 11.1 Å². The predicted octanol–water partition coefficient (Wildman–Crippen LogP) is -0.355. The van der Waals surface area contributed by atoms with Gasteiger partial charge in [-0.2, -0.15) is 10.2 Å². The van der Waals surface area contributed by atoms with Gasteiger partial charge in [0.1, 0.15) is 5.69 Å². The normalized spacial score (nSPS) is 10.1. The molecule has 7 nitrogen and oxygen atoms in total. The van der Waals surface area contributed by atoms with Crippen molar-refractivity contribution in [2.24, 2.45) is 0 Å². The number of nitrogens with zero attached hydrogens (tertiary/aromatic N) is 2. The van der Waals surface area contributed by atoms with Crippen molar-refractivity contribution >= 4 is 11.6 Å². The minimum absolute atomic E-state index is 0.273. The summed E-state index contributed by atoms with van der Waals surface area (Å²) in [7, 11) is 0. The Morgan fingerprint density at radius 2 is 2.33 bits per heavy atom. The second-order valence-electron chi connectivity index (χ2n) is 2.96. The van der Waals surface area contributed by atoms with E-state index in [0.717, 1.165) is 5.69 Å². The van der Waals surface area contributed by atoms with E-state index >= 15 is 0 Å². The first-order chi connectivity index (χ1) is 7.27. The molecular formula is C8H10N6O. The lowest BCUT2D eigenvalue weighted by Gasteiger charge is -2.01. The third-order valence-electron chi connectivity index (χ3n) is 1.89. The Balaban J connectivity index is 1.96. The maximum Gasteiger partial charge on any atom is 0.271 e. The third kappa shape index (κ3) is 1.96. The molecule has 0 aromatic carbocycles. The molecule has 2 aromatic rings. The van der Waals surface area contributed by atoms with Crippen LogP contribution in [0.25, 0.3) is 0 Å².